The first kappa shape index (κ1) is 21.9. The van der Waals surface area contributed by atoms with Gasteiger partial charge in [-0.25, -0.2) is 8.78 Å². The van der Waals surface area contributed by atoms with E-state index in [1.165, 1.54) is 12.1 Å². The second-order valence-corrected chi connectivity index (χ2v) is 8.74. The summed E-state index contributed by atoms with van der Waals surface area (Å²) in [5, 5.41) is 5.13. The first-order chi connectivity index (χ1) is 15.0. The van der Waals surface area contributed by atoms with Crippen molar-refractivity contribution in [2.75, 3.05) is 39.3 Å². The van der Waals surface area contributed by atoms with E-state index in [0.29, 0.717) is 18.7 Å². The number of carbonyl (C=O) groups is 1. The van der Waals surface area contributed by atoms with Crippen LogP contribution < -0.4 is 5.32 Å². The van der Waals surface area contributed by atoms with E-state index in [1.807, 2.05) is 36.4 Å². The lowest BCUT2D eigenvalue weighted by Gasteiger charge is -2.34. The maximum atomic E-state index is 13.4. The molecule has 4 nitrogen and oxygen atoms in total. The number of hydrogen-bond acceptors (Lipinski definition) is 3. The van der Waals surface area contributed by atoms with Crippen LogP contribution in [0.5, 0.6) is 0 Å². The van der Waals surface area contributed by atoms with Crippen molar-refractivity contribution >= 4 is 32.6 Å². The molecule has 0 bridgehead atoms. The standard InChI is InChI=1S/C24H24BrF2N3O/c25-21-5-4-18-14-20(3-2-19(18)15-21)24(31)28-7-8-29-9-11-30(12-10-29)16-17-1-6-22(26)23(27)13-17/h1-6,13-15H,7-12,16H2,(H,28,31). The summed E-state index contributed by atoms with van der Waals surface area (Å²) in [7, 11) is 0. The van der Waals surface area contributed by atoms with Crippen LogP contribution in [0.15, 0.2) is 59.1 Å². The maximum absolute atomic E-state index is 13.4. The highest BCUT2D eigenvalue weighted by molar-refractivity contribution is 9.10. The molecule has 1 aliphatic rings. The van der Waals surface area contributed by atoms with Gasteiger partial charge >= 0.3 is 0 Å². The van der Waals surface area contributed by atoms with Gasteiger partial charge in [-0.1, -0.05) is 34.1 Å². The van der Waals surface area contributed by atoms with Crippen molar-refractivity contribution in [3.05, 3.63) is 81.8 Å². The lowest BCUT2D eigenvalue weighted by atomic mass is 10.1. The minimum atomic E-state index is -0.813. The number of piperazine rings is 1. The number of hydrogen-bond donors (Lipinski definition) is 1. The molecule has 0 radical (unpaired) electrons. The Balaban J connectivity index is 1.21. The maximum Gasteiger partial charge on any atom is 0.251 e. The molecule has 0 saturated carbocycles. The normalized spacial score (nSPS) is 15.3. The van der Waals surface area contributed by atoms with Gasteiger partial charge in [-0.05, 0) is 52.7 Å². The van der Waals surface area contributed by atoms with Crippen molar-refractivity contribution in [1.29, 1.82) is 0 Å². The Labute approximate surface area is 189 Å². The van der Waals surface area contributed by atoms with E-state index >= 15 is 0 Å². The van der Waals surface area contributed by atoms with E-state index in [4.69, 9.17) is 0 Å². The quantitative estimate of drug-likeness (QED) is 0.558. The molecule has 1 fully saturated rings. The smallest absolute Gasteiger partial charge is 0.251 e. The summed E-state index contributed by atoms with van der Waals surface area (Å²) in [5.41, 5.74) is 1.44. The lowest BCUT2D eigenvalue weighted by molar-refractivity contribution is 0.0934. The molecule has 0 unspecified atom stereocenters. The number of nitrogens with one attached hydrogen (secondary N) is 1. The highest BCUT2D eigenvalue weighted by atomic mass is 79.9. The van der Waals surface area contributed by atoms with Crippen molar-refractivity contribution in [3.8, 4) is 0 Å². The number of benzene rings is 3. The summed E-state index contributed by atoms with van der Waals surface area (Å²) in [5.74, 6) is -1.68. The summed E-state index contributed by atoms with van der Waals surface area (Å²) in [6.07, 6.45) is 0. The van der Waals surface area contributed by atoms with Crippen LogP contribution in [0.3, 0.4) is 0 Å². The van der Waals surface area contributed by atoms with E-state index in [9.17, 15) is 13.6 Å². The summed E-state index contributed by atoms with van der Waals surface area (Å²) < 4.78 is 27.5. The molecule has 4 rings (SSSR count). The highest BCUT2D eigenvalue weighted by Gasteiger charge is 2.17. The lowest BCUT2D eigenvalue weighted by Crippen LogP contribution is -2.48. The molecular weight excluding hydrogens is 464 g/mol. The molecule has 31 heavy (non-hydrogen) atoms. The average Bonchev–Trinajstić information content (AvgIpc) is 2.77. The molecule has 1 saturated heterocycles. The minimum Gasteiger partial charge on any atom is -0.351 e. The zero-order chi connectivity index (χ0) is 21.8. The molecule has 162 valence electrons. The molecule has 3 aromatic rings. The topological polar surface area (TPSA) is 35.6 Å². The van der Waals surface area contributed by atoms with Gasteiger partial charge in [-0.15, -0.1) is 0 Å². The molecule has 1 N–H and O–H groups in total. The van der Waals surface area contributed by atoms with Gasteiger partial charge < -0.3 is 5.32 Å². The Hall–Kier alpha value is -2.35. The Kier molecular flexibility index (Phi) is 6.95. The summed E-state index contributed by atoms with van der Waals surface area (Å²) in [6.45, 7) is 5.45. The number of amides is 1. The van der Waals surface area contributed by atoms with Crippen LogP contribution in [-0.4, -0.2) is 55.0 Å². The number of halogens is 3. The largest absolute Gasteiger partial charge is 0.351 e. The molecule has 1 aliphatic heterocycles. The fourth-order valence-electron chi connectivity index (χ4n) is 3.85. The van der Waals surface area contributed by atoms with Crippen LogP contribution >= 0.6 is 15.9 Å². The zero-order valence-corrected chi connectivity index (χ0v) is 18.7. The molecule has 1 amide bonds. The number of carbonyl (C=O) groups excluding carboxylic acids is 1. The first-order valence-corrected chi connectivity index (χ1v) is 11.1. The van der Waals surface area contributed by atoms with Crippen LogP contribution in [0.4, 0.5) is 8.78 Å². The third kappa shape index (κ3) is 5.67. The van der Waals surface area contributed by atoms with Crippen LogP contribution in [0.25, 0.3) is 10.8 Å². The number of fused-ring (bicyclic) bond motifs is 1. The Morgan fingerprint density at radius 2 is 1.58 bits per heavy atom. The third-order valence-corrected chi connectivity index (χ3v) is 6.13. The van der Waals surface area contributed by atoms with E-state index in [1.54, 1.807) is 6.07 Å². The molecule has 1 heterocycles. The predicted octanol–water partition coefficient (Wildman–Crippen LogP) is 4.43. The van der Waals surface area contributed by atoms with Gasteiger partial charge in [0.2, 0.25) is 0 Å². The summed E-state index contributed by atoms with van der Waals surface area (Å²) in [4.78, 5) is 17.0. The molecule has 0 atom stereocenters. The van der Waals surface area contributed by atoms with Crippen LogP contribution in [0, 0.1) is 11.6 Å². The van der Waals surface area contributed by atoms with Crippen molar-refractivity contribution in [1.82, 2.24) is 15.1 Å². The highest BCUT2D eigenvalue weighted by Crippen LogP contribution is 2.21. The second kappa shape index (κ2) is 9.85. The fourth-order valence-corrected chi connectivity index (χ4v) is 4.23. The monoisotopic (exact) mass is 487 g/mol. The molecular formula is C24H24BrF2N3O. The van der Waals surface area contributed by atoms with Gasteiger partial charge in [0, 0.05) is 55.8 Å². The molecule has 7 heteroatoms. The number of nitrogens with zero attached hydrogens (tertiary/aromatic N) is 2. The Morgan fingerprint density at radius 3 is 2.35 bits per heavy atom. The van der Waals surface area contributed by atoms with E-state index in [-0.39, 0.29) is 5.91 Å². The minimum absolute atomic E-state index is 0.0678. The molecule has 3 aromatic carbocycles. The predicted molar refractivity (Wildman–Crippen MR) is 122 cm³/mol. The Morgan fingerprint density at radius 1 is 0.871 bits per heavy atom. The summed E-state index contributed by atoms with van der Waals surface area (Å²) in [6, 6.07) is 15.8. The molecule has 0 aliphatic carbocycles. The molecule has 0 spiro atoms. The van der Waals surface area contributed by atoms with Gasteiger partial charge in [0.05, 0.1) is 0 Å². The van der Waals surface area contributed by atoms with Gasteiger partial charge in [0.25, 0.3) is 5.91 Å². The van der Waals surface area contributed by atoms with E-state index < -0.39 is 11.6 Å². The van der Waals surface area contributed by atoms with Crippen LogP contribution in [0.2, 0.25) is 0 Å². The van der Waals surface area contributed by atoms with Crippen molar-refractivity contribution in [2.45, 2.75) is 6.54 Å². The van der Waals surface area contributed by atoms with E-state index in [2.05, 4.69) is 31.0 Å². The SMILES string of the molecule is O=C(NCCN1CCN(Cc2ccc(F)c(F)c2)CC1)c1ccc2cc(Br)ccc2c1. The van der Waals surface area contributed by atoms with Crippen molar-refractivity contribution in [3.63, 3.8) is 0 Å². The Bertz CT molecular complexity index is 1080. The molecule has 0 aromatic heterocycles. The van der Waals surface area contributed by atoms with Crippen LogP contribution in [0.1, 0.15) is 15.9 Å². The second-order valence-electron chi connectivity index (χ2n) is 7.83. The van der Waals surface area contributed by atoms with Crippen molar-refractivity contribution < 1.29 is 13.6 Å². The number of rotatable bonds is 6. The average molecular weight is 488 g/mol. The summed E-state index contributed by atoms with van der Waals surface area (Å²) >= 11 is 3.46. The van der Waals surface area contributed by atoms with E-state index in [0.717, 1.165) is 53.5 Å². The first-order valence-electron chi connectivity index (χ1n) is 10.3. The van der Waals surface area contributed by atoms with Gasteiger partial charge in [0.1, 0.15) is 0 Å². The van der Waals surface area contributed by atoms with Gasteiger partial charge in [-0.2, -0.15) is 0 Å². The fraction of sp³-hybridized carbons (Fsp3) is 0.292. The third-order valence-electron chi connectivity index (χ3n) is 5.63. The van der Waals surface area contributed by atoms with Gasteiger partial charge in [0.15, 0.2) is 11.6 Å². The van der Waals surface area contributed by atoms with Gasteiger partial charge in [-0.3, -0.25) is 14.6 Å². The van der Waals surface area contributed by atoms with Crippen molar-refractivity contribution in [2.24, 2.45) is 0 Å². The zero-order valence-electron chi connectivity index (χ0n) is 17.1. The van der Waals surface area contributed by atoms with Crippen LogP contribution in [-0.2, 0) is 6.54 Å².